The minimum absolute atomic E-state index is 0.00171. The van der Waals surface area contributed by atoms with Crippen LogP contribution >= 0.6 is 27.5 Å². The summed E-state index contributed by atoms with van der Waals surface area (Å²) < 4.78 is 19.8. The Morgan fingerprint density at radius 1 is 1.16 bits per heavy atom. The molecule has 3 atom stereocenters. The summed E-state index contributed by atoms with van der Waals surface area (Å²) in [4.78, 5) is 37.2. The number of hydrogen-bond acceptors (Lipinski definition) is 8. The third kappa shape index (κ3) is 5.22. The second-order valence-electron chi connectivity index (χ2n) is 11.3. The first-order valence-corrected chi connectivity index (χ1v) is 14.2. The fraction of sp³-hybridized carbons (Fsp3) is 0.654. The summed E-state index contributed by atoms with van der Waals surface area (Å²) in [6.07, 6.45) is -0.340. The zero-order valence-corrected chi connectivity index (χ0v) is 24.8. The number of anilines is 1. The Morgan fingerprint density at radius 3 is 2.55 bits per heavy atom. The van der Waals surface area contributed by atoms with E-state index < -0.39 is 5.60 Å². The van der Waals surface area contributed by atoms with Crippen LogP contribution in [0.25, 0.3) is 10.9 Å². The van der Waals surface area contributed by atoms with E-state index in [0.717, 1.165) is 18.5 Å². The Balaban J connectivity index is 1.54. The number of halogens is 2. The molecule has 38 heavy (non-hydrogen) atoms. The Bertz CT molecular complexity index is 1290. The molecule has 1 aromatic heterocycles. The summed E-state index contributed by atoms with van der Waals surface area (Å²) in [5, 5.41) is 1.24. The number of nitrogens with zero attached hydrogens (tertiary/aromatic N) is 5. The number of aromatic nitrogens is 2. The smallest absolute Gasteiger partial charge is 0.410 e. The molecule has 1 amide bonds. The second-order valence-corrected chi connectivity index (χ2v) is 12.5. The number of rotatable bonds is 2. The van der Waals surface area contributed by atoms with Crippen molar-refractivity contribution in [3.8, 4) is 5.75 Å². The van der Waals surface area contributed by atoms with Crippen LogP contribution in [0, 0.1) is 0 Å². The van der Waals surface area contributed by atoms with Crippen LogP contribution in [0.3, 0.4) is 0 Å². The van der Waals surface area contributed by atoms with Crippen molar-refractivity contribution in [2.45, 2.75) is 64.9 Å². The normalized spacial score (nSPS) is 24.8. The molecule has 2 saturated heterocycles. The number of amides is 1. The lowest BCUT2D eigenvalue weighted by Gasteiger charge is -2.45. The fourth-order valence-corrected chi connectivity index (χ4v) is 6.07. The van der Waals surface area contributed by atoms with Crippen LogP contribution < -0.4 is 15.3 Å². The number of piperazine rings is 1. The predicted octanol–water partition coefficient (Wildman–Crippen LogP) is 3.74. The van der Waals surface area contributed by atoms with Crippen LogP contribution in [0.15, 0.2) is 15.3 Å². The van der Waals surface area contributed by atoms with E-state index in [-0.39, 0.29) is 29.9 Å². The number of carbonyl (C=O) groups excluding carboxylic acids is 1. The van der Waals surface area contributed by atoms with Crippen molar-refractivity contribution in [1.29, 1.82) is 0 Å². The highest BCUT2D eigenvalue weighted by Crippen LogP contribution is 2.43. The summed E-state index contributed by atoms with van der Waals surface area (Å²) in [5.74, 6) is 1.10. The van der Waals surface area contributed by atoms with Gasteiger partial charge in [-0.2, -0.15) is 4.98 Å². The molecular weight excluding hydrogens is 578 g/mol. The summed E-state index contributed by atoms with van der Waals surface area (Å²) in [7, 11) is 0. The molecule has 0 N–H and O–H groups in total. The minimum atomic E-state index is -0.578. The van der Waals surface area contributed by atoms with Crippen LogP contribution in [-0.2, 0) is 16.0 Å². The highest BCUT2D eigenvalue weighted by atomic mass is 79.9. The fourth-order valence-electron chi connectivity index (χ4n) is 5.46. The zero-order chi connectivity index (χ0) is 27.4. The van der Waals surface area contributed by atoms with Crippen LogP contribution in [0.5, 0.6) is 5.75 Å². The molecule has 0 saturated carbocycles. The zero-order valence-electron chi connectivity index (χ0n) is 22.5. The van der Waals surface area contributed by atoms with Gasteiger partial charge in [-0.05, 0) is 56.6 Å². The first kappa shape index (κ1) is 27.5. The van der Waals surface area contributed by atoms with Crippen LogP contribution in [-0.4, -0.2) is 95.2 Å². The molecule has 0 bridgehead atoms. The molecule has 208 valence electrons. The van der Waals surface area contributed by atoms with Crippen molar-refractivity contribution in [3.05, 3.63) is 26.0 Å². The van der Waals surface area contributed by atoms with Gasteiger partial charge in [0.2, 0.25) is 0 Å². The van der Waals surface area contributed by atoms with Gasteiger partial charge in [0.05, 0.1) is 34.3 Å². The first-order valence-electron chi connectivity index (χ1n) is 13.1. The maximum absolute atomic E-state index is 13.6. The molecule has 2 fully saturated rings. The molecule has 3 aliphatic rings. The summed E-state index contributed by atoms with van der Waals surface area (Å²) in [6, 6.07) is 1.59. The Hall–Kier alpha value is -2.08. The van der Waals surface area contributed by atoms with E-state index in [1.165, 1.54) is 0 Å². The van der Waals surface area contributed by atoms with E-state index in [4.69, 9.17) is 25.8 Å². The minimum Gasteiger partial charge on any atom is -0.488 e. The molecule has 10 nitrogen and oxygen atoms in total. The summed E-state index contributed by atoms with van der Waals surface area (Å²) in [5.41, 5.74) is -0.228. The average Bonchev–Trinajstić information content (AvgIpc) is 3.06. The molecule has 0 spiro atoms. The van der Waals surface area contributed by atoms with Crippen molar-refractivity contribution in [2.24, 2.45) is 0 Å². The maximum Gasteiger partial charge on any atom is 0.410 e. The van der Waals surface area contributed by atoms with Gasteiger partial charge in [0.1, 0.15) is 18.0 Å². The molecule has 5 rings (SSSR count). The molecule has 0 aliphatic carbocycles. The lowest BCUT2D eigenvalue weighted by Crippen LogP contribution is -2.59. The van der Waals surface area contributed by atoms with E-state index in [0.29, 0.717) is 66.0 Å². The van der Waals surface area contributed by atoms with Crippen LogP contribution in [0.1, 0.15) is 34.6 Å². The second kappa shape index (κ2) is 10.5. The number of ether oxygens (including phenoxy) is 3. The van der Waals surface area contributed by atoms with Gasteiger partial charge in [-0.15, -0.1) is 0 Å². The van der Waals surface area contributed by atoms with Gasteiger partial charge >= 0.3 is 11.8 Å². The molecule has 2 aromatic rings. The largest absolute Gasteiger partial charge is 0.488 e. The highest BCUT2D eigenvalue weighted by molar-refractivity contribution is 9.10. The Kier molecular flexibility index (Phi) is 7.58. The Labute approximate surface area is 235 Å². The van der Waals surface area contributed by atoms with E-state index in [1.54, 1.807) is 9.47 Å². The monoisotopic (exact) mass is 611 g/mol. The SMILES string of the molecule is C[C@@H]1CN(c2nc(=O)n3c4c(c(Br)c(Cl)cc24)OC[C@H](N2CCOCC2)C3)[C@@H](C)CN1C(=O)OC(C)(C)C. The van der Waals surface area contributed by atoms with Gasteiger partial charge in [0, 0.05) is 50.2 Å². The Morgan fingerprint density at radius 2 is 1.87 bits per heavy atom. The quantitative estimate of drug-likeness (QED) is 0.507. The van der Waals surface area contributed by atoms with Gasteiger partial charge < -0.3 is 24.0 Å². The summed E-state index contributed by atoms with van der Waals surface area (Å²) in [6.45, 7) is 14.3. The molecule has 0 radical (unpaired) electrons. The third-order valence-corrected chi connectivity index (χ3v) is 8.67. The van der Waals surface area contributed by atoms with E-state index in [2.05, 4.69) is 30.7 Å². The van der Waals surface area contributed by atoms with Gasteiger partial charge in [-0.25, -0.2) is 9.59 Å². The number of hydrogen-bond donors (Lipinski definition) is 0. The van der Waals surface area contributed by atoms with Crippen molar-refractivity contribution < 1.29 is 19.0 Å². The van der Waals surface area contributed by atoms with Crippen LogP contribution in [0.4, 0.5) is 10.6 Å². The molecule has 0 unspecified atom stereocenters. The lowest BCUT2D eigenvalue weighted by molar-refractivity contribution is 0.00328. The number of morpholine rings is 1. The predicted molar refractivity (Wildman–Crippen MR) is 150 cm³/mol. The van der Waals surface area contributed by atoms with Gasteiger partial charge in [0.15, 0.2) is 5.75 Å². The first-order chi connectivity index (χ1) is 17.9. The molecule has 1 aromatic carbocycles. The van der Waals surface area contributed by atoms with E-state index in [1.807, 2.05) is 40.7 Å². The number of carbonyl (C=O) groups is 1. The van der Waals surface area contributed by atoms with Gasteiger partial charge in [-0.1, -0.05) is 11.6 Å². The van der Waals surface area contributed by atoms with Crippen molar-refractivity contribution in [2.75, 3.05) is 50.9 Å². The topological polar surface area (TPSA) is 89.4 Å². The van der Waals surface area contributed by atoms with Gasteiger partial charge in [-0.3, -0.25) is 9.47 Å². The highest BCUT2D eigenvalue weighted by Gasteiger charge is 2.37. The molecule has 4 heterocycles. The molecule has 12 heteroatoms. The molecular formula is C26H35BrClN5O5. The maximum atomic E-state index is 13.6. The average molecular weight is 613 g/mol. The summed E-state index contributed by atoms with van der Waals surface area (Å²) >= 11 is 10.3. The number of benzene rings is 1. The molecule has 3 aliphatic heterocycles. The van der Waals surface area contributed by atoms with Gasteiger partial charge in [0.25, 0.3) is 0 Å². The third-order valence-electron chi connectivity index (χ3n) is 7.36. The van der Waals surface area contributed by atoms with Crippen molar-refractivity contribution >= 4 is 50.3 Å². The van der Waals surface area contributed by atoms with E-state index in [9.17, 15) is 9.59 Å². The van der Waals surface area contributed by atoms with Crippen molar-refractivity contribution in [1.82, 2.24) is 19.4 Å². The lowest BCUT2D eigenvalue weighted by atomic mass is 10.1. The van der Waals surface area contributed by atoms with Crippen molar-refractivity contribution in [3.63, 3.8) is 0 Å². The standard InChI is InChI=1S/C26H35BrClN5O5/c1-15-12-32(25(35)38-26(3,4)5)16(2)11-31(15)23-18-10-19(28)20(27)22-21(18)33(24(34)29-23)13-17(14-37-22)30-6-8-36-9-7-30/h10,15-17H,6-9,11-14H2,1-5H3/t15-,16+,17+/m0/s1. The van der Waals surface area contributed by atoms with E-state index >= 15 is 0 Å². The van der Waals surface area contributed by atoms with Crippen LogP contribution in [0.2, 0.25) is 5.02 Å².